The summed E-state index contributed by atoms with van der Waals surface area (Å²) in [6, 6.07) is -0.0898. The number of nitrogens with zero attached hydrogens (tertiary/aromatic N) is 4. The summed E-state index contributed by atoms with van der Waals surface area (Å²) in [6.07, 6.45) is 7.57. The van der Waals surface area contributed by atoms with Crippen molar-refractivity contribution in [1.82, 2.24) is 25.2 Å². The smallest absolute Gasteiger partial charge is 0.317 e. The van der Waals surface area contributed by atoms with E-state index in [1.165, 1.54) is 0 Å². The number of hydrogen-bond donors (Lipinski definition) is 1. The monoisotopic (exact) mass is 341 g/mol. The highest BCUT2D eigenvalue weighted by Crippen LogP contribution is 2.20. The normalized spacial score (nSPS) is 27.0. The molecule has 1 N–H and O–H groups in total. The zero-order valence-electron chi connectivity index (χ0n) is 13.1. The molecule has 1 aromatic heterocycles. The molecule has 128 valence electrons. The van der Waals surface area contributed by atoms with E-state index in [9.17, 15) is 13.2 Å². The summed E-state index contributed by atoms with van der Waals surface area (Å²) >= 11 is 0. The van der Waals surface area contributed by atoms with Crippen LogP contribution in [-0.4, -0.2) is 64.5 Å². The molecule has 2 saturated heterocycles. The predicted octanol–water partition coefficient (Wildman–Crippen LogP) is 0.419. The van der Waals surface area contributed by atoms with Gasteiger partial charge in [-0.25, -0.2) is 13.2 Å². The first kappa shape index (κ1) is 16.2. The zero-order chi connectivity index (χ0) is 16.3. The maximum Gasteiger partial charge on any atom is 0.317 e. The fraction of sp³-hybridized carbons (Fsp3) is 0.786. The maximum absolute atomic E-state index is 12.4. The Morgan fingerprint density at radius 3 is 2.87 bits per heavy atom. The van der Waals surface area contributed by atoms with E-state index in [1.54, 1.807) is 22.0 Å². The van der Waals surface area contributed by atoms with Crippen LogP contribution in [0.5, 0.6) is 0 Å². The molecule has 1 aromatic rings. The molecule has 0 spiro atoms. The van der Waals surface area contributed by atoms with Gasteiger partial charge in [-0.15, -0.1) is 5.10 Å². The number of amides is 2. The third-order valence-electron chi connectivity index (χ3n) is 4.70. The van der Waals surface area contributed by atoms with E-state index in [-0.39, 0.29) is 24.4 Å². The summed E-state index contributed by atoms with van der Waals surface area (Å²) in [5.41, 5.74) is 0. The molecule has 0 bridgehead atoms. The highest BCUT2D eigenvalue weighted by molar-refractivity contribution is 7.92. The van der Waals surface area contributed by atoms with Gasteiger partial charge in [-0.05, 0) is 25.7 Å². The number of carbonyl (C=O) groups is 1. The van der Waals surface area contributed by atoms with Gasteiger partial charge in [0.25, 0.3) is 0 Å². The van der Waals surface area contributed by atoms with Gasteiger partial charge in [0.2, 0.25) is 0 Å². The minimum Gasteiger partial charge on any atom is -0.337 e. The molecule has 2 aliphatic heterocycles. The summed E-state index contributed by atoms with van der Waals surface area (Å²) in [6.45, 7) is 1.53. The second-order valence-electron chi connectivity index (χ2n) is 6.29. The molecule has 3 rings (SSSR count). The van der Waals surface area contributed by atoms with Crippen LogP contribution < -0.4 is 5.32 Å². The largest absolute Gasteiger partial charge is 0.337 e. The second-order valence-corrected chi connectivity index (χ2v) is 8.69. The topological polar surface area (TPSA) is 97.2 Å². The van der Waals surface area contributed by atoms with Crippen molar-refractivity contribution in [3.8, 4) is 0 Å². The van der Waals surface area contributed by atoms with Gasteiger partial charge in [0, 0.05) is 19.3 Å². The lowest BCUT2D eigenvalue weighted by Gasteiger charge is -2.27. The van der Waals surface area contributed by atoms with Gasteiger partial charge in [-0.3, -0.25) is 4.68 Å². The lowest BCUT2D eigenvalue weighted by molar-refractivity contribution is 0.185. The summed E-state index contributed by atoms with van der Waals surface area (Å²) in [5.74, 6) is 0.242. The molecular weight excluding hydrogens is 318 g/mol. The Labute approximate surface area is 136 Å². The van der Waals surface area contributed by atoms with Crippen molar-refractivity contribution in [2.75, 3.05) is 18.8 Å². The quantitative estimate of drug-likeness (QED) is 0.856. The Balaban J connectivity index is 1.54. The summed E-state index contributed by atoms with van der Waals surface area (Å²) in [4.78, 5) is 14.2. The molecule has 23 heavy (non-hydrogen) atoms. The molecule has 2 atom stereocenters. The fourth-order valence-corrected chi connectivity index (χ4v) is 5.19. The van der Waals surface area contributed by atoms with E-state index < -0.39 is 15.1 Å². The van der Waals surface area contributed by atoms with Gasteiger partial charge in [0.05, 0.1) is 29.8 Å². The van der Waals surface area contributed by atoms with Gasteiger partial charge in [0.1, 0.15) is 0 Å². The molecule has 2 aliphatic rings. The molecule has 0 aliphatic carbocycles. The Hall–Kier alpha value is -1.64. The van der Waals surface area contributed by atoms with Crippen LogP contribution in [0.2, 0.25) is 0 Å². The Morgan fingerprint density at radius 2 is 2.13 bits per heavy atom. The number of nitrogens with one attached hydrogen (secondary N) is 1. The second kappa shape index (κ2) is 6.86. The Kier molecular flexibility index (Phi) is 4.84. The van der Waals surface area contributed by atoms with Crippen LogP contribution in [0, 0.1) is 0 Å². The fourth-order valence-electron chi connectivity index (χ4n) is 3.39. The summed E-state index contributed by atoms with van der Waals surface area (Å²) in [5, 5.41) is 10.1. The van der Waals surface area contributed by atoms with E-state index in [1.807, 2.05) is 0 Å². The van der Waals surface area contributed by atoms with Gasteiger partial charge >= 0.3 is 6.03 Å². The first-order valence-electron chi connectivity index (χ1n) is 8.16. The molecule has 8 nitrogen and oxygen atoms in total. The highest BCUT2D eigenvalue weighted by Gasteiger charge is 2.32. The molecule has 9 heteroatoms. The average Bonchev–Trinajstić information content (AvgIpc) is 3.17. The van der Waals surface area contributed by atoms with Gasteiger partial charge in [-0.2, -0.15) is 0 Å². The minimum absolute atomic E-state index is 0.0830. The predicted molar refractivity (Wildman–Crippen MR) is 84.6 cm³/mol. The van der Waals surface area contributed by atoms with Crippen LogP contribution in [0.25, 0.3) is 0 Å². The number of rotatable bonds is 4. The third-order valence-corrected chi connectivity index (χ3v) is 6.98. The molecule has 2 amide bonds. The van der Waals surface area contributed by atoms with Crippen LogP contribution in [0.15, 0.2) is 12.4 Å². The van der Waals surface area contributed by atoms with Crippen molar-refractivity contribution >= 4 is 15.9 Å². The van der Waals surface area contributed by atoms with Crippen LogP contribution in [0.4, 0.5) is 4.79 Å². The molecule has 0 saturated carbocycles. The van der Waals surface area contributed by atoms with Crippen LogP contribution in [-0.2, 0) is 16.4 Å². The standard InChI is InChI=1S/C14H23N5O3S/c20-14(15-10-13-5-1-2-9-23(13,21)22)19-7-3-4-12(19)11-18-8-6-16-17-18/h6,8,12-13H,1-5,7,9-11H2,(H,15,20)/t12-,13?/m0/s1. The molecule has 3 heterocycles. The number of sulfone groups is 1. The number of urea groups is 1. The molecule has 0 radical (unpaired) electrons. The molecular formula is C14H23N5O3S. The molecule has 0 aromatic carbocycles. The van der Waals surface area contributed by atoms with Crippen molar-refractivity contribution in [3.63, 3.8) is 0 Å². The Bertz CT molecular complexity index is 631. The van der Waals surface area contributed by atoms with Gasteiger partial charge in [0.15, 0.2) is 9.84 Å². The summed E-state index contributed by atoms with van der Waals surface area (Å²) < 4.78 is 25.7. The van der Waals surface area contributed by atoms with E-state index in [0.717, 1.165) is 25.7 Å². The number of aromatic nitrogens is 3. The highest BCUT2D eigenvalue weighted by atomic mass is 32.2. The lowest BCUT2D eigenvalue weighted by atomic mass is 10.2. The van der Waals surface area contributed by atoms with Gasteiger partial charge in [-0.1, -0.05) is 11.6 Å². The lowest BCUT2D eigenvalue weighted by Crippen LogP contribution is -2.48. The number of likely N-dealkylation sites (tertiary alicyclic amines) is 1. The van der Waals surface area contributed by atoms with E-state index in [4.69, 9.17) is 0 Å². The van der Waals surface area contributed by atoms with Gasteiger partial charge < -0.3 is 10.2 Å². The molecule has 2 fully saturated rings. The van der Waals surface area contributed by atoms with Crippen molar-refractivity contribution < 1.29 is 13.2 Å². The van der Waals surface area contributed by atoms with Crippen molar-refractivity contribution in [2.45, 2.75) is 49.9 Å². The first-order chi connectivity index (χ1) is 11.1. The number of carbonyl (C=O) groups excluding carboxylic acids is 1. The first-order valence-corrected chi connectivity index (χ1v) is 9.88. The van der Waals surface area contributed by atoms with Crippen molar-refractivity contribution in [3.05, 3.63) is 12.4 Å². The van der Waals surface area contributed by atoms with Crippen molar-refractivity contribution in [2.24, 2.45) is 0 Å². The maximum atomic E-state index is 12.4. The van der Waals surface area contributed by atoms with Crippen LogP contribution in [0.1, 0.15) is 32.1 Å². The van der Waals surface area contributed by atoms with E-state index >= 15 is 0 Å². The third kappa shape index (κ3) is 3.82. The average molecular weight is 341 g/mol. The minimum atomic E-state index is -3.05. The summed E-state index contributed by atoms with van der Waals surface area (Å²) in [7, 11) is -3.05. The zero-order valence-corrected chi connectivity index (χ0v) is 13.9. The van der Waals surface area contributed by atoms with E-state index in [2.05, 4.69) is 15.6 Å². The number of hydrogen-bond acceptors (Lipinski definition) is 5. The van der Waals surface area contributed by atoms with Crippen molar-refractivity contribution in [1.29, 1.82) is 0 Å². The van der Waals surface area contributed by atoms with Crippen LogP contribution in [0.3, 0.4) is 0 Å². The Morgan fingerprint density at radius 1 is 1.26 bits per heavy atom. The van der Waals surface area contributed by atoms with E-state index in [0.29, 0.717) is 19.5 Å². The van der Waals surface area contributed by atoms with Crippen LogP contribution >= 0.6 is 0 Å². The SMILES string of the molecule is O=C(NCC1CCCCS1(=O)=O)N1CCC[C@H]1Cn1ccnn1. The molecule has 1 unspecified atom stereocenters.